The maximum Gasteiger partial charge on any atom is 0.237 e. The second-order valence-electron chi connectivity index (χ2n) is 14.3. The summed E-state index contributed by atoms with van der Waals surface area (Å²) in [7, 11) is 0. The predicted octanol–water partition coefficient (Wildman–Crippen LogP) is 10.6. The Morgan fingerprint density at radius 1 is 0.412 bits per heavy atom. The lowest BCUT2D eigenvalue weighted by molar-refractivity contribution is 0.661. The molecule has 0 amide bonds. The summed E-state index contributed by atoms with van der Waals surface area (Å²) in [5.41, 5.74) is 13.9. The molecule has 12 rings (SSSR count). The van der Waals surface area contributed by atoms with E-state index in [4.69, 9.17) is 19.9 Å². The second-order valence-corrected chi connectivity index (χ2v) is 14.3. The third-order valence-electron chi connectivity index (χ3n) is 11.3. The van der Waals surface area contributed by atoms with Crippen molar-refractivity contribution in [3.8, 4) is 45.5 Å². The van der Waals surface area contributed by atoms with Crippen molar-refractivity contribution in [3.05, 3.63) is 145 Å². The fraction of sp³-hybridized carbons (Fsp3) is 0.0667. The molecule has 2 aliphatic carbocycles. The van der Waals surface area contributed by atoms with Crippen molar-refractivity contribution in [2.75, 3.05) is 0 Å². The van der Waals surface area contributed by atoms with Crippen LogP contribution in [0.15, 0.2) is 133 Å². The predicted molar refractivity (Wildman–Crippen MR) is 206 cm³/mol. The molecule has 0 unspecified atom stereocenters. The maximum absolute atomic E-state index is 5.38. The van der Waals surface area contributed by atoms with Gasteiger partial charge >= 0.3 is 0 Å². The second kappa shape index (κ2) is 9.31. The lowest BCUT2D eigenvalue weighted by Gasteiger charge is -2.21. The van der Waals surface area contributed by atoms with E-state index in [9.17, 15) is 0 Å². The molecule has 0 N–H and O–H groups in total. The van der Waals surface area contributed by atoms with Crippen LogP contribution in [0.25, 0.3) is 100 Å². The average Bonchev–Trinajstić information content (AvgIpc) is 3.85. The number of rotatable bonds is 2. The summed E-state index contributed by atoms with van der Waals surface area (Å²) in [6.45, 7) is 4.67. The lowest BCUT2D eigenvalue weighted by atomic mass is 9.82. The molecule has 6 heteroatoms. The van der Waals surface area contributed by atoms with Crippen LogP contribution in [0.4, 0.5) is 0 Å². The van der Waals surface area contributed by atoms with E-state index in [1.54, 1.807) is 0 Å². The van der Waals surface area contributed by atoms with Crippen LogP contribution in [-0.4, -0.2) is 29.1 Å². The Morgan fingerprint density at radius 3 is 1.47 bits per heavy atom. The first-order valence-electron chi connectivity index (χ1n) is 17.4. The van der Waals surface area contributed by atoms with Crippen LogP contribution in [0.1, 0.15) is 25.0 Å². The molecule has 0 spiro atoms. The van der Waals surface area contributed by atoms with E-state index in [0.29, 0.717) is 17.5 Å². The summed E-state index contributed by atoms with van der Waals surface area (Å²) in [6, 6.07) is 47.5. The molecule has 0 saturated carbocycles. The van der Waals surface area contributed by atoms with Gasteiger partial charge in [-0.25, -0.2) is 9.97 Å². The molecule has 6 aromatic carbocycles. The Kier molecular flexibility index (Phi) is 4.97. The van der Waals surface area contributed by atoms with Crippen LogP contribution >= 0.6 is 0 Å². The van der Waals surface area contributed by atoms with Crippen molar-refractivity contribution < 1.29 is 0 Å². The van der Waals surface area contributed by atoms with E-state index in [2.05, 4.69) is 156 Å². The molecule has 0 saturated heterocycles. The van der Waals surface area contributed by atoms with Gasteiger partial charge in [0.15, 0.2) is 5.65 Å². The summed E-state index contributed by atoms with van der Waals surface area (Å²) >= 11 is 0. The van der Waals surface area contributed by atoms with Crippen molar-refractivity contribution >= 4 is 54.6 Å². The van der Waals surface area contributed by atoms with Gasteiger partial charge in [-0.15, -0.1) is 0 Å². The van der Waals surface area contributed by atoms with Crippen molar-refractivity contribution in [1.82, 2.24) is 29.1 Å². The zero-order valence-corrected chi connectivity index (χ0v) is 27.9. The van der Waals surface area contributed by atoms with Gasteiger partial charge in [0.2, 0.25) is 11.9 Å². The molecule has 0 fully saturated rings. The van der Waals surface area contributed by atoms with Gasteiger partial charge in [0, 0.05) is 38.1 Å². The minimum atomic E-state index is -0.102. The first kappa shape index (κ1) is 27.2. The molecular formula is C45H28N6. The zero-order valence-electron chi connectivity index (χ0n) is 27.9. The molecule has 0 aliphatic heterocycles. The molecule has 0 bridgehead atoms. The molecule has 51 heavy (non-hydrogen) atoms. The summed E-state index contributed by atoms with van der Waals surface area (Å²) in [6.07, 6.45) is 0. The highest BCUT2D eigenvalue weighted by atomic mass is 15.2. The molecule has 10 aromatic rings. The maximum atomic E-state index is 5.38. The summed E-state index contributed by atoms with van der Waals surface area (Å²) in [4.78, 5) is 21.3. The van der Waals surface area contributed by atoms with Gasteiger partial charge in [-0.2, -0.15) is 9.97 Å². The zero-order chi connectivity index (χ0) is 33.6. The third-order valence-corrected chi connectivity index (χ3v) is 11.3. The number of aromatic nitrogens is 6. The number of hydrogen-bond acceptors (Lipinski definition) is 4. The molecule has 2 aliphatic rings. The Hall–Kier alpha value is -6.66. The van der Waals surface area contributed by atoms with Crippen LogP contribution in [-0.2, 0) is 5.41 Å². The molecule has 4 aromatic heterocycles. The molecule has 238 valence electrons. The highest BCUT2D eigenvalue weighted by Gasteiger charge is 2.36. The van der Waals surface area contributed by atoms with E-state index < -0.39 is 0 Å². The van der Waals surface area contributed by atoms with Gasteiger partial charge in [0.05, 0.1) is 38.8 Å². The number of benzene rings is 6. The third kappa shape index (κ3) is 3.37. The SMILES string of the molecule is CC1(C)c2ccccc2-c2cc3c(cc21)c1ccccc1n3-c1nc2c3c(nc(-n4c5ccccc5c5ccccc54)nc3n1)-c1ccccc1-2. The number of hydrogen-bond donors (Lipinski definition) is 0. The largest absolute Gasteiger partial charge is 0.278 e. The molecule has 6 nitrogen and oxygen atoms in total. The fourth-order valence-corrected chi connectivity index (χ4v) is 9.01. The van der Waals surface area contributed by atoms with E-state index in [0.717, 1.165) is 50.0 Å². The standard InChI is InChI=1S/C45H28N6/c1-45(2)33-19-9-5-13-25(33)31-24-38-32(23-34(31)45)28-16-8-12-22-37(28)51(38)44-47-41-30-18-4-3-17-29(30)40-39(41)42(49-44)48-43(46-40)50-35-20-10-6-14-26(35)27-15-7-11-21-36(27)50/h3-24H,1-2H3. The highest BCUT2D eigenvalue weighted by molar-refractivity contribution is 6.14. The summed E-state index contributed by atoms with van der Waals surface area (Å²) in [5, 5.41) is 5.60. The van der Waals surface area contributed by atoms with Gasteiger partial charge < -0.3 is 0 Å². The Labute approximate surface area is 292 Å². The molecule has 0 radical (unpaired) electrons. The number of fused-ring (bicyclic) bond motifs is 12. The van der Waals surface area contributed by atoms with Crippen molar-refractivity contribution in [2.24, 2.45) is 0 Å². The smallest absolute Gasteiger partial charge is 0.237 e. The van der Waals surface area contributed by atoms with E-state index in [1.807, 2.05) is 0 Å². The van der Waals surface area contributed by atoms with Gasteiger partial charge in [0.1, 0.15) is 0 Å². The van der Waals surface area contributed by atoms with Crippen molar-refractivity contribution in [1.29, 1.82) is 0 Å². The minimum absolute atomic E-state index is 0.102. The van der Waals surface area contributed by atoms with Crippen molar-refractivity contribution in [3.63, 3.8) is 0 Å². The van der Waals surface area contributed by atoms with Crippen LogP contribution in [0.2, 0.25) is 0 Å². The number of nitrogens with zero attached hydrogens (tertiary/aromatic N) is 6. The van der Waals surface area contributed by atoms with Crippen molar-refractivity contribution in [2.45, 2.75) is 19.3 Å². The topological polar surface area (TPSA) is 61.4 Å². The van der Waals surface area contributed by atoms with Crippen LogP contribution in [0.3, 0.4) is 0 Å². The first-order chi connectivity index (χ1) is 25.1. The highest BCUT2D eigenvalue weighted by Crippen LogP contribution is 2.51. The van der Waals surface area contributed by atoms with Crippen LogP contribution in [0.5, 0.6) is 0 Å². The van der Waals surface area contributed by atoms with E-state index in [1.165, 1.54) is 43.8 Å². The van der Waals surface area contributed by atoms with E-state index in [-0.39, 0.29) is 5.41 Å². The Balaban J connectivity index is 1.19. The Morgan fingerprint density at radius 2 is 0.882 bits per heavy atom. The van der Waals surface area contributed by atoms with Gasteiger partial charge in [-0.3, -0.25) is 9.13 Å². The fourth-order valence-electron chi connectivity index (χ4n) is 9.01. The van der Waals surface area contributed by atoms with Gasteiger partial charge in [0.25, 0.3) is 0 Å². The average molecular weight is 653 g/mol. The lowest BCUT2D eigenvalue weighted by Crippen LogP contribution is -2.14. The first-order valence-corrected chi connectivity index (χ1v) is 17.4. The van der Waals surface area contributed by atoms with Gasteiger partial charge in [-0.05, 0) is 52.6 Å². The molecule has 0 atom stereocenters. The van der Waals surface area contributed by atoms with E-state index >= 15 is 0 Å². The Bertz CT molecular complexity index is 3130. The monoisotopic (exact) mass is 652 g/mol. The number of para-hydroxylation sites is 3. The molecule has 4 heterocycles. The quantitative estimate of drug-likeness (QED) is 0.186. The van der Waals surface area contributed by atoms with Crippen LogP contribution in [0, 0.1) is 0 Å². The van der Waals surface area contributed by atoms with Crippen LogP contribution < -0.4 is 0 Å². The normalized spacial score (nSPS) is 13.8. The minimum Gasteiger partial charge on any atom is -0.278 e. The summed E-state index contributed by atoms with van der Waals surface area (Å²) in [5.74, 6) is 1.20. The molecular weight excluding hydrogens is 625 g/mol. The van der Waals surface area contributed by atoms with Gasteiger partial charge in [-0.1, -0.05) is 117 Å². The summed E-state index contributed by atoms with van der Waals surface area (Å²) < 4.78 is 4.41.